The van der Waals surface area contributed by atoms with Crippen LogP contribution in [0.1, 0.15) is 308 Å². The minimum atomic E-state index is 0.351. The van der Waals surface area contributed by atoms with Crippen molar-refractivity contribution in [2.45, 2.75) is 308 Å². The first-order valence-electron chi connectivity index (χ1n) is 28.1. The molecular weight excluding hydrogens is 781 g/mol. The van der Waals surface area contributed by atoms with E-state index >= 15 is 0 Å². The van der Waals surface area contributed by atoms with Crippen molar-refractivity contribution in [1.29, 1.82) is 0 Å². The van der Waals surface area contributed by atoms with Gasteiger partial charge in [0.15, 0.2) is 0 Å². The molecule has 3 N–H and O–H groups in total. The van der Waals surface area contributed by atoms with Gasteiger partial charge in [-0.05, 0) is 132 Å². The van der Waals surface area contributed by atoms with E-state index in [1.54, 1.807) is 0 Å². The van der Waals surface area contributed by atoms with Gasteiger partial charge in [-0.3, -0.25) is 0 Å². The second kappa shape index (κ2) is 59.9. The van der Waals surface area contributed by atoms with Gasteiger partial charge in [-0.2, -0.15) is 0 Å². The van der Waals surface area contributed by atoms with E-state index in [1.807, 2.05) is 13.8 Å². The molecule has 0 aromatic rings. The molecule has 0 atom stereocenters. The van der Waals surface area contributed by atoms with E-state index in [0.717, 1.165) is 20.0 Å². The Hall–Kier alpha value is -1.16. The fourth-order valence-corrected chi connectivity index (χ4v) is 7.62. The van der Waals surface area contributed by atoms with Crippen molar-refractivity contribution in [1.82, 2.24) is 0 Å². The van der Waals surface area contributed by atoms with Gasteiger partial charge in [0.05, 0.1) is 0 Å². The molecule has 1 rings (SSSR count). The average molecular weight is 906 g/mol. The van der Waals surface area contributed by atoms with Gasteiger partial charge in [0.2, 0.25) is 0 Å². The van der Waals surface area contributed by atoms with Crippen LogP contribution in [-0.2, 0) is 0 Å². The zero-order valence-electron chi connectivity index (χ0n) is 46.6. The molecule has 0 amide bonds. The highest BCUT2D eigenvalue weighted by Crippen LogP contribution is 2.32. The minimum absolute atomic E-state index is 0.351. The summed E-state index contributed by atoms with van der Waals surface area (Å²) < 4.78 is 0. The average Bonchev–Trinajstić information content (AvgIpc) is 3.27. The first-order chi connectivity index (χ1) is 30.9. The number of aliphatic hydroxyl groups is 3. The van der Waals surface area contributed by atoms with E-state index in [4.69, 9.17) is 15.3 Å². The normalized spacial score (nSPS) is 14.1. The fourth-order valence-electron chi connectivity index (χ4n) is 7.62. The summed E-state index contributed by atoms with van der Waals surface area (Å²) in [5.41, 5.74) is 1.61. The molecule has 0 unspecified atom stereocenters. The summed E-state index contributed by atoms with van der Waals surface area (Å²) in [4.78, 5) is 0. The van der Waals surface area contributed by atoms with Crippen molar-refractivity contribution >= 4 is 0 Å². The van der Waals surface area contributed by atoms with Crippen LogP contribution < -0.4 is 0 Å². The first kappa shape index (κ1) is 71.8. The van der Waals surface area contributed by atoms with E-state index in [1.165, 1.54) is 212 Å². The molecule has 386 valence electrons. The Morgan fingerprint density at radius 2 is 0.719 bits per heavy atom. The summed E-state index contributed by atoms with van der Waals surface area (Å²) in [6.45, 7) is 28.1. The summed E-state index contributed by atoms with van der Waals surface area (Å²) in [6, 6.07) is 0. The molecule has 0 saturated carbocycles. The van der Waals surface area contributed by atoms with Crippen molar-refractivity contribution in [3.63, 3.8) is 0 Å². The monoisotopic (exact) mass is 905 g/mol. The van der Waals surface area contributed by atoms with Crippen LogP contribution in [0, 0.1) is 16.2 Å². The van der Waals surface area contributed by atoms with E-state index in [9.17, 15) is 0 Å². The summed E-state index contributed by atoms with van der Waals surface area (Å²) in [5, 5.41) is 24.4. The molecule has 1 aliphatic rings. The van der Waals surface area contributed by atoms with Gasteiger partial charge in [0, 0.05) is 20.3 Å². The molecule has 3 heteroatoms. The van der Waals surface area contributed by atoms with Crippen LogP contribution in [0.4, 0.5) is 0 Å². The van der Waals surface area contributed by atoms with Gasteiger partial charge < -0.3 is 15.3 Å². The predicted octanol–water partition coefficient (Wildman–Crippen LogP) is 20.6. The van der Waals surface area contributed by atoms with Gasteiger partial charge in [0.1, 0.15) is 0 Å². The molecule has 0 fully saturated rings. The maximum absolute atomic E-state index is 8.73. The van der Waals surface area contributed by atoms with Crippen molar-refractivity contribution in [3.05, 3.63) is 48.6 Å². The number of unbranched alkanes of at least 4 members (excludes halogenated alkanes) is 18. The van der Waals surface area contributed by atoms with Crippen LogP contribution >= 0.6 is 0 Å². The maximum Gasteiger partial charge on any atom is 0.0431 e. The summed E-state index contributed by atoms with van der Waals surface area (Å²) in [5.74, 6) is 0. The molecule has 0 aromatic heterocycles. The second-order valence-electron chi connectivity index (χ2n) is 20.6. The summed E-state index contributed by atoms with van der Waals surface area (Å²) in [6.07, 6.45) is 64.1. The highest BCUT2D eigenvalue weighted by atomic mass is 16.3. The molecule has 3 nitrogen and oxygen atoms in total. The molecule has 0 aliphatic heterocycles. The van der Waals surface area contributed by atoms with Crippen molar-refractivity contribution in [2.24, 2.45) is 16.2 Å². The van der Waals surface area contributed by atoms with Crippen molar-refractivity contribution < 1.29 is 15.3 Å². The SMILES string of the molecule is CC.CC(C)(CCCCCCCO)CCCCCCCCO.CC1(C)CC/C=C\CCC1.CCCC/C=C\CCCC.CCCCC=CCCCC(C)(C)CCC=CCCCC.CO. The lowest BCUT2D eigenvalue weighted by molar-refractivity contribution is 0.271. The first-order valence-corrected chi connectivity index (χ1v) is 28.1. The van der Waals surface area contributed by atoms with Gasteiger partial charge in [0.25, 0.3) is 0 Å². The van der Waals surface area contributed by atoms with Crippen LogP contribution in [0.3, 0.4) is 0 Å². The third-order valence-corrected chi connectivity index (χ3v) is 12.3. The van der Waals surface area contributed by atoms with E-state index < -0.39 is 0 Å². The Balaban J connectivity index is -0.000000245. The van der Waals surface area contributed by atoms with E-state index in [2.05, 4.69) is 118 Å². The molecule has 0 spiro atoms. The zero-order chi connectivity index (χ0) is 49.3. The number of rotatable bonds is 34. The van der Waals surface area contributed by atoms with Crippen LogP contribution in [-0.4, -0.2) is 35.6 Å². The number of aliphatic hydroxyl groups excluding tert-OH is 3. The third-order valence-electron chi connectivity index (χ3n) is 12.3. The Kier molecular flexibility index (Phi) is 67.2. The smallest absolute Gasteiger partial charge is 0.0431 e. The highest BCUT2D eigenvalue weighted by molar-refractivity contribution is 4.88. The van der Waals surface area contributed by atoms with Crippen LogP contribution in [0.2, 0.25) is 0 Å². The third kappa shape index (κ3) is 69.9. The highest BCUT2D eigenvalue weighted by Gasteiger charge is 2.18. The summed E-state index contributed by atoms with van der Waals surface area (Å²) in [7, 11) is 1.00. The molecule has 64 heavy (non-hydrogen) atoms. The topological polar surface area (TPSA) is 60.7 Å². The standard InChI is InChI=1S/C20H38.C18H38O2.C10H18.C10H20.C2H6.CH4O/c1-5-7-9-11-13-15-17-19-20(3,4)18-16-14-12-10-8-6-2;1-18(2,15-11-7-5-9-13-17-20)14-10-6-3-4-8-12-16-19;1-10(2)8-6-4-3-5-7-9-10;1-3-5-7-9-10-8-6-4-2;2*1-2/h11-14H,5-10,15-19H2,1-4H3;19-20H,3-17H2,1-2H3;3-4H,5-9H2,1-2H3;9-10H,3-8H2,1-2H3;1-2H3;2H,1H3/b;;4-3-;10-9-;;. The Morgan fingerprint density at radius 3 is 1.11 bits per heavy atom. The molecule has 0 bridgehead atoms. The lowest BCUT2D eigenvalue weighted by Gasteiger charge is -2.24. The van der Waals surface area contributed by atoms with Crippen LogP contribution in [0.25, 0.3) is 0 Å². The predicted molar refractivity (Wildman–Crippen MR) is 296 cm³/mol. The quantitative estimate of drug-likeness (QED) is 0.0445. The largest absolute Gasteiger partial charge is 0.400 e. The summed E-state index contributed by atoms with van der Waals surface area (Å²) >= 11 is 0. The van der Waals surface area contributed by atoms with Gasteiger partial charge >= 0.3 is 0 Å². The van der Waals surface area contributed by atoms with Gasteiger partial charge in [-0.1, -0.05) is 241 Å². The Morgan fingerprint density at radius 1 is 0.406 bits per heavy atom. The zero-order valence-corrected chi connectivity index (χ0v) is 46.6. The Bertz CT molecular complexity index is 914. The molecule has 0 radical (unpaired) electrons. The number of hydrogen-bond acceptors (Lipinski definition) is 3. The maximum atomic E-state index is 8.73. The minimum Gasteiger partial charge on any atom is -0.400 e. The molecule has 1 aliphatic carbocycles. The molecule has 0 aromatic carbocycles. The lowest BCUT2D eigenvalue weighted by atomic mass is 9.81. The van der Waals surface area contributed by atoms with E-state index in [-0.39, 0.29) is 0 Å². The van der Waals surface area contributed by atoms with Crippen LogP contribution in [0.5, 0.6) is 0 Å². The van der Waals surface area contributed by atoms with Crippen molar-refractivity contribution in [2.75, 3.05) is 20.3 Å². The van der Waals surface area contributed by atoms with Crippen LogP contribution in [0.15, 0.2) is 48.6 Å². The molecule has 0 saturated heterocycles. The lowest BCUT2D eigenvalue weighted by Crippen LogP contribution is -2.11. The second-order valence-corrected chi connectivity index (χ2v) is 20.6. The Labute approximate surface area is 406 Å². The molecule has 0 heterocycles. The fraction of sp³-hybridized carbons (Fsp3) is 0.869. The van der Waals surface area contributed by atoms with E-state index in [0.29, 0.717) is 29.5 Å². The molecular formula is C61H124O3. The van der Waals surface area contributed by atoms with Gasteiger partial charge in [-0.15, -0.1) is 0 Å². The van der Waals surface area contributed by atoms with Gasteiger partial charge in [-0.25, -0.2) is 0 Å². The number of hydrogen-bond donors (Lipinski definition) is 3. The van der Waals surface area contributed by atoms with Crippen molar-refractivity contribution in [3.8, 4) is 0 Å². The number of allylic oxidation sites excluding steroid dienone is 8.